The fourth-order valence-corrected chi connectivity index (χ4v) is 2.45. The highest BCUT2D eigenvalue weighted by Crippen LogP contribution is 2.22. The van der Waals surface area contributed by atoms with Gasteiger partial charge in [-0.1, -0.05) is 17.7 Å². The molecule has 2 aromatic rings. The standard InChI is InChI=1S/C19H16ClN2O3/c1-19(2,25-16-7-4-14(20)5-8-16)18(24)22-15-6-3-12-11-21-17(23)10-13(12)9-15/h3-11H,1-2H3,(H,22,24). The molecule has 0 saturated carbocycles. The zero-order chi connectivity index (χ0) is 18.0. The van der Waals surface area contributed by atoms with Crippen LogP contribution in [0, 0.1) is 0 Å². The Kier molecular flexibility index (Phi) is 4.51. The average molecular weight is 356 g/mol. The molecule has 0 saturated heterocycles. The molecule has 0 atom stereocenters. The van der Waals surface area contributed by atoms with Crippen LogP contribution in [0.4, 0.5) is 5.69 Å². The number of hydrogen-bond acceptors (Lipinski definition) is 3. The third-order valence-corrected chi connectivity index (χ3v) is 3.94. The number of nitrogens with zero attached hydrogens (tertiary/aromatic N) is 1. The first-order valence-electron chi connectivity index (χ1n) is 7.66. The molecule has 5 nitrogen and oxygen atoms in total. The molecule has 2 aromatic carbocycles. The van der Waals surface area contributed by atoms with Gasteiger partial charge in [-0.05, 0) is 55.5 Å². The van der Waals surface area contributed by atoms with Gasteiger partial charge in [0.2, 0.25) is 0 Å². The molecule has 0 fully saturated rings. The van der Waals surface area contributed by atoms with Crippen molar-refractivity contribution in [2.45, 2.75) is 19.4 Å². The Balaban J connectivity index is 1.77. The summed E-state index contributed by atoms with van der Waals surface area (Å²) in [5, 5.41) is 8.67. The van der Waals surface area contributed by atoms with Gasteiger partial charge in [0.05, 0.1) is 0 Å². The number of rotatable bonds is 4. The Bertz CT molecular complexity index is 950. The number of ether oxygens (including phenoxy) is 1. The second-order valence-corrected chi connectivity index (χ2v) is 6.54. The molecule has 25 heavy (non-hydrogen) atoms. The van der Waals surface area contributed by atoms with Crippen molar-refractivity contribution in [1.29, 1.82) is 0 Å². The molecule has 1 N–H and O–H groups in total. The molecule has 0 aliphatic carbocycles. The minimum absolute atomic E-state index is 0.307. The van der Waals surface area contributed by atoms with Gasteiger partial charge in [-0.25, -0.2) is 5.32 Å². The molecule has 0 aromatic heterocycles. The Hall–Kier alpha value is -2.79. The molecule has 0 bridgehead atoms. The van der Waals surface area contributed by atoms with Crippen LogP contribution < -0.4 is 25.8 Å². The zero-order valence-corrected chi connectivity index (χ0v) is 14.5. The molecule has 1 radical (unpaired) electrons. The number of hydrogen-bond donors (Lipinski definition) is 1. The lowest BCUT2D eigenvalue weighted by molar-refractivity contribution is -0.128. The Morgan fingerprint density at radius 3 is 2.56 bits per heavy atom. The van der Waals surface area contributed by atoms with Crippen LogP contribution in [-0.4, -0.2) is 17.4 Å². The van der Waals surface area contributed by atoms with Crippen LogP contribution in [0.5, 0.6) is 5.75 Å². The number of halogens is 1. The van der Waals surface area contributed by atoms with Crippen molar-refractivity contribution in [2.75, 3.05) is 5.32 Å². The average Bonchev–Trinajstić information content (AvgIpc) is 2.56. The molecule has 2 amide bonds. The number of carbonyl (C=O) groups is 2. The molecule has 0 spiro atoms. The van der Waals surface area contributed by atoms with Gasteiger partial charge in [0.1, 0.15) is 5.75 Å². The van der Waals surface area contributed by atoms with Crippen molar-refractivity contribution in [1.82, 2.24) is 5.32 Å². The summed E-state index contributed by atoms with van der Waals surface area (Å²) in [5.41, 5.74) is -0.513. The van der Waals surface area contributed by atoms with E-state index in [-0.39, 0.29) is 11.8 Å². The van der Waals surface area contributed by atoms with E-state index in [1.54, 1.807) is 56.3 Å². The molecule has 127 valence electrons. The fraction of sp³-hybridized carbons (Fsp3) is 0.158. The number of benzene rings is 2. The van der Waals surface area contributed by atoms with Gasteiger partial charge in [0, 0.05) is 28.2 Å². The van der Waals surface area contributed by atoms with Crippen molar-refractivity contribution in [3.05, 3.63) is 57.9 Å². The summed E-state index contributed by atoms with van der Waals surface area (Å²) < 4.78 is 5.77. The van der Waals surface area contributed by atoms with E-state index < -0.39 is 5.60 Å². The second kappa shape index (κ2) is 6.61. The summed E-state index contributed by atoms with van der Waals surface area (Å²) in [6, 6.07) is 12.1. The maximum Gasteiger partial charge on any atom is 0.270 e. The summed E-state index contributed by atoms with van der Waals surface area (Å²) >= 11 is 5.85. The first-order chi connectivity index (χ1) is 11.8. The van der Waals surface area contributed by atoms with Crippen LogP contribution >= 0.6 is 11.6 Å². The number of anilines is 1. The highest BCUT2D eigenvalue weighted by molar-refractivity contribution is 6.30. The maximum absolute atomic E-state index is 12.6. The minimum atomic E-state index is -1.09. The van der Waals surface area contributed by atoms with Gasteiger partial charge >= 0.3 is 0 Å². The van der Waals surface area contributed by atoms with Crippen molar-refractivity contribution >= 4 is 41.4 Å². The van der Waals surface area contributed by atoms with Gasteiger partial charge in [0.25, 0.3) is 11.8 Å². The smallest absolute Gasteiger partial charge is 0.270 e. The van der Waals surface area contributed by atoms with Crippen LogP contribution in [0.15, 0.2) is 42.5 Å². The topological polar surface area (TPSA) is 69.5 Å². The van der Waals surface area contributed by atoms with E-state index in [0.29, 0.717) is 21.7 Å². The van der Waals surface area contributed by atoms with Crippen LogP contribution in [0.3, 0.4) is 0 Å². The van der Waals surface area contributed by atoms with E-state index in [9.17, 15) is 9.59 Å². The van der Waals surface area contributed by atoms with Gasteiger partial charge in [-0.3, -0.25) is 9.59 Å². The molecule has 1 aliphatic heterocycles. The van der Waals surface area contributed by atoms with Crippen molar-refractivity contribution < 1.29 is 14.3 Å². The van der Waals surface area contributed by atoms with Gasteiger partial charge in [-0.15, -0.1) is 0 Å². The molecule has 0 unspecified atom stereocenters. The monoisotopic (exact) mass is 355 g/mol. The number of fused-ring (bicyclic) bond motifs is 1. The lowest BCUT2D eigenvalue weighted by Crippen LogP contribution is -2.43. The van der Waals surface area contributed by atoms with Gasteiger partial charge in [0.15, 0.2) is 5.60 Å². The number of amides is 2. The number of carbonyl (C=O) groups excluding carboxylic acids is 2. The Morgan fingerprint density at radius 1 is 1.12 bits per heavy atom. The lowest BCUT2D eigenvalue weighted by atomic mass is 10.1. The van der Waals surface area contributed by atoms with Crippen LogP contribution in [0.25, 0.3) is 12.3 Å². The highest BCUT2D eigenvalue weighted by Gasteiger charge is 2.30. The molecule has 1 heterocycles. The predicted octanol–water partition coefficient (Wildman–Crippen LogP) is 1.80. The van der Waals surface area contributed by atoms with Gasteiger partial charge < -0.3 is 10.1 Å². The van der Waals surface area contributed by atoms with Crippen LogP contribution in [0.2, 0.25) is 5.02 Å². The maximum atomic E-state index is 12.6. The third kappa shape index (κ3) is 4.00. The largest absolute Gasteiger partial charge is 0.478 e. The molecule has 3 rings (SSSR count). The van der Waals surface area contributed by atoms with E-state index in [2.05, 4.69) is 10.6 Å². The van der Waals surface area contributed by atoms with Crippen molar-refractivity contribution in [3.8, 4) is 5.75 Å². The van der Waals surface area contributed by atoms with E-state index in [4.69, 9.17) is 16.3 Å². The van der Waals surface area contributed by atoms with Crippen LogP contribution in [0.1, 0.15) is 13.8 Å². The number of nitrogens with one attached hydrogen (secondary N) is 1. The summed E-state index contributed by atoms with van der Waals surface area (Å²) in [5.74, 6) is -0.0780. The molecule has 6 heteroatoms. The highest BCUT2D eigenvalue weighted by atomic mass is 35.5. The Morgan fingerprint density at radius 2 is 1.84 bits per heavy atom. The molecular formula is C19H16ClN2O3. The van der Waals surface area contributed by atoms with E-state index in [0.717, 1.165) is 5.22 Å². The summed E-state index contributed by atoms with van der Waals surface area (Å²) in [7, 11) is 0. The summed E-state index contributed by atoms with van der Waals surface area (Å²) in [6.07, 6.45) is 2.94. The normalized spacial score (nSPS) is 13.0. The quantitative estimate of drug-likeness (QED) is 0.909. The van der Waals surface area contributed by atoms with Crippen molar-refractivity contribution in [3.63, 3.8) is 0 Å². The zero-order valence-electron chi connectivity index (χ0n) is 13.7. The lowest BCUT2D eigenvalue weighted by Gasteiger charge is -2.25. The minimum Gasteiger partial charge on any atom is -0.478 e. The first-order valence-corrected chi connectivity index (χ1v) is 8.04. The Labute approximate surface area is 149 Å². The van der Waals surface area contributed by atoms with E-state index in [1.165, 1.54) is 12.3 Å². The fourth-order valence-electron chi connectivity index (χ4n) is 2.32. The van der Waals surface area contributed by atoms with Crippen molar-refractivity contribution in [2.24, 2.45) is 0 Å². The van der Waals surface area contributed by atoms with E-state index >= 15 is 0 Å². The van der Waals surface area contributed by atoms with Gasteiger partial charge in [-0.2, -0.15) is 0 Å². The molecule has 1 aliphatic rings. The van der Waals surface area contributed by atoms with Crippen LogP contribution in [-0.2, 0) is 9.59 Å². The first kappa shape index (κ1) is 17.0. The SMILES string of the molecule is CC(C)(Oc1ccc(Cl)cc1)C(=O)Nc1ccc2c(c1)=CC(=O)[N]C=2. The summed E-state index contributed by atoms with van der Waals surface area (Å²) in [4.78, 5) is 23.9. The third-order valence-electron chi connectivity index (χ3n) is 3.69. The van der Waals surface area contributed by atoms with E-state index in [1.807, 2.05) is 0 Å². The molecular weight excluding hydrogens is 340 g/mol. The predicted molar refractivity (Wildman–Crippen MR) is 96.6 cm³/mol. The second-order valence-electron chi connectivity index (χ2n) is 6.10. The summed E-state index contributed by atoms with van der Waals surface area (Å²) in [6.45, 7) is 3.36.